The molecule has 4 aromatic rings. The van der Waals surface area contributed by atoms with E-state index in [1.165, 1.54) is 24.3 Å². The SMILES string of the molecule is CCc1ccc(OC(F)(F)CCc2c(F)cc(-c3ccc(-c4ccc(C)cc4)cc3)cc2F)cc1. The highest BCUT2D eigenvalue weighted by molar-refractivity contribution is 5.70. The molecule has 0 unspecified atom stereocenters. The first-order chi connectivity index (χ1) is 16.7. The van der Waals surface area contributed by atoms with Gasteiger partial charge in [0.05, 0.1) is 6.42 Å². The number of hydrogen-bond donors (Lipinski definition) is 0. The van der Waals surface area contributed by atoms with E-state index in [1.807, 2.05) is 50.2 Å². The number of alkyl halides is 2. The number of hydrogen-bond acceptors (Lipinski definition) is 1. The highest BCUT2D eigenvalue weighted by Gasteiger charge is 2.32. The van der Waals surface area contributed by atoms with Crippen LogP contribution in [-0.2, 0) is 12.8 Å². The average molecular weight is 479 g/mol. The van der Waals surface area contributed by atoms with Crippen LogP contribution in [0.25, 0.3) is 22.3 Å². The van der Waals surface area contributed by atoms with E-state index >= 15 is 0 Å². The molecular weight excluding hydrogens is 452 g/mol. The summed E-state index contributed by atoms with van der Waals surface area (Å²) in [4.78, 5) is 0. The van der Waals surface area contributed by atoms with Gasteiger partial charge in [-0.15, -0.1) is 0 Å². The summed E-state index contributed by atoms with van der Waals surface area (Å²) >= 11 is 0. The Balaban J connectivity index is 1.45. The van der Waals surface area contributed by atoms with Crippen molar-refractivity contribution in [2.75, 3.05) is 0 Å². The predicted molar refractivity (Wildman–Crippen MR) is 132 cm³/mol. The van der Waals surface area contributed by atoms with Crippen molar-refractivity contribution < 1.29 is 22.3 Å². The maximum atomic E-state index is 14.7. The summed E-state index contributed by atoms with van der Waals surface area (Å²) in [5.41, 5.74) is 4.78. The molecule has 0 amide bonds. The molecule has 0 N–H and O–H groups in total. The van der Waals surface area contributed by atoms with Gasteiger partial charge in [0.2, 0.25) is 0 Å². The second kappa shape index (κ2) is 10.3. The van der Waals surface area contributed by atoms with E-state index in [-0.39, 0.29) is 11.3 Å². The molecule has 1 nitrogen and oxygen atoms in total. The van der Waals surface area contributed by atoms with Crippen molar-refractivity contribution in [1.29, 1.82) is 0 Å². The fraction of sp³-hybridized carbons (Fsp3) is 0.200. The summed E-state index contributed by atoms with van der Waals surface area (Å²) in [6.07, 6.45) is -4.12. The van der Waals surface area contributed by atoms with Gasteiger partial charge >= 0.3 is 6.11 Å². The minimum absolute atomic E-state index is 0.0116. The quantitative estimate of drug-likeness (QED) is 0.230. The van der Waals surface area contributed by atoms with Gasteiger partial charge in [0, 0.05) is 5.56 Å². The zero-order chi connectivity index (χ0) is 25.0. The van der Waals surface area contributed by atoms with Crippen molar-refractivity contribution in [3.8, 4) is 28.0 Å². The first kappa shape index (κ1) is 24.5. The van der Waals surface area contributed by atoms with Crippen LogP contribution in [0.1, 0.15) is 30.0 Å². The Labute approximate surface area is 203 Å². The van der Waals surface area contributed by atoms with E-state index in [4.69, 9.17) is 4.74 Å². The minimum atomic E-state index is -3.56. The van der Waals surface area contributed by atoms with Crippen molar-refractivity contribution in [3.63, 3.8) is 0 Å². The first-order valence-electron chi connectivity index (χ1n) is 11.6. The first-order valence-corrected chi connectivity index (χ1v) is 11.6. The number of ether oxygens (including phenoxy) is 1. The van der Waals surface area contributed by atoms with E-state index in [1.54, 1.807) is 24.3 Å². The smallest absolute Gasteiger partial charge is 0.398 e. The molecule has 4 aromatic carbocycles. The highest BCUT2D eigenvalue weighted by Crippen LogP contribution is 2.31. The molecule has 0 heterocycles. The molecule has 0 radical (unpaired) electrons. The van der Waals surface area contributed by atoms with E-state index in [9.17, 15) is 17.6 Å². The summed E-state index contributed by atoms with van der Waals surface area (Å²) in [6, 6.07) is 24.1. The van der Waals surface area contributed by atoms with Crippen molar-refractivity contribution in [1.82, 2.24) is 0 Å². The molecule has 0 spiro atoms. The fourth-order valence-electron chi connectivity index (χ4n) is 3.90. The summed E-state index contributed by atoms with van der Waals surface area (Å²) in [7, 11) is 0. The van der Waals surface area contributed by atoms with Crippen LogP contribution < -0.4 is 4.74 Å². The van der Waals surface area contributed by atoms with Crippen LogP contribution in [0.5, 0.6) is 5.75 Å². The summed E-state index contributed by atoms with van der Waals surface area (Å²) in [5.74, 6) is -1.70. The Morgan fingerprint density at radius 2 is 1.17 bits per heavy atom. The predicted octanol–water partition coefficient (Wildman–Crippen LogP) is 8.77. The van der Waals surface area contributed by atoms with Crippen LogP contribution in [0.4, 0.5) is 17.6 Å². The van der Waals surface area contributed by atoms with Crippen molar-refractivity contribution >= 4 is 0 Å². The monoisotopic (exact) mass is 478 g/mol. The summed E-state index contributed by atoms with van der Waals surface area (Å²) in [5, 5.41) is 0. The van der Waals surface area contributed by atoms with Crippen LogP contribution in [-0.4, -0.2) is 6.11 Å². The molecule has 0 saturated carbocycles. The topological polar surface area (TPSA) is 9.23 Å². The number of aryl methyl sites for hydroxylation is 2. The van der Waals surface area contributed by atoms with Crippen molar-refractivity contribution in [3.05, 3.63) is 113 Å². The molecule has 0 aromatic heterocycles. The maximum Gasteiger partial charge on any atom is 0.398 e. The number of rotatable bonds is 8. The molecule has 35 heavy (non-hydrogen) atoms. The molecular formula is C30H26F4O. The third-order valence-electron chi connectivity index (χ3n) is 6.01. The fourth-order valence-corrected chi connectivity index (χ4v) is 3.90. The van der Waals surface area contributed by atoms with Gasteiger partial charge in [-0.3, -0.25) is 0 Å². The molecule has 0 atom stereocenters. The Morgan fingerprint density at radius 1 is 0.686 bits per heavy atom. The molecule has 0 aliphatic carbocycles. The highest BCUT2D eigenvalue weighted by atomic mass is 19.3. The molecule has 180 valence electrons. The van der Waals surface area contributed by atoms with Crippen LogP contribution in [0.3, 0.4) is 0 Å². The Morgan fingerprint density at radius 3 is 1.69 bits per heavy atom. The van der Waals surface area contributed by atoms with Gasteiger partial charge in [-0.05, 0) is 71.8 Å². The second-order valence-electron chi connectivity index (χ2n) is 8.60. The zero-order valence-electron chi connectivity index (χ0n) is 19.6. The van der Waals surface area contributed by atoms with Gasteiger partial charge in [0.1, 0.15) is 17.4 Å². The Bertz CT molecular complexity index is 1250. The van der Waals surface area contributed by atoms with E-state index < -0.39 is 30.6 Å². The van der Waals surface area contributed by atoms with Gasteiger partial charge in [-0.1, -0.05) is 73.2 Å². The standard InChI is InChI=1S/C30H26F4O/c1-3-21-6-14-26(15-7-21)35-30(33,34)17-16-27-28(31)18-25(19-29(27)32)24-12-10-23(11-13-24)22-8-4-20(2)5-9-22/h4-15,18-19H,3,16-17H2,1-2H3. The molecule has 5 heteroatoms. The number of halogens is 4. The van der Waals surface area contributed by atoms with E-state index in [2.05, 4.69) is 0 Å². The molecule has 0 saturated heterocycles. The van der Waals surface area contributed by atoms with Crippen LogP contribution in [0, 0.1) is 18.6 Å². The lowest BCUT2D eigenvalue weighted by atomic mass is 9.97. The van der Waals surface area contributed by atoms with E-state index in [0.29, 0.717) is 11.1 Å². The molecule has 0 aliphatic heterocycles. The average Bonchev–Trinajstić information content (AvgIpc) is 2.84. The molecule has 0 fully saturated rings. The van der Waals surface area contributed by atoms with Gasteiger partial charge in [-0.25, -0.2) is 8.78 Å². The largest absolute Gasteiger partial charge is 0.433 e. The summed E-state index contributed by atoms with van der Waals surface area (Å²) < 4.78 is 62.9. The molecule has 0 aliphatic rings. The maximum absolute atomic E-state index is 14.7. The lowest BCUT2D eigenvalue weighted by Gasteiger charge is -2.18. The lowest BCUT2D eigenvalue weighted by molar-refractivity contribution is -0.180. The molecule has 0 bridgehead atoms. The zero-order valence-corrected chi connectivity index (χ0v) is 19.6. The minimum Gasteiger partial charge on any atom is -0.433 e. The van der Waals surface area contributed by atoms with Gasteiger partial charge in [0.25, 0.3) is 0 Å². The Kier molecular flexibility index (Phi) is 7.25. The third-order valence-corrected chi connectivity index (χ3v) is 6.01. The van der Waals surface area contributed by atoms with Gasteiger partial charge in [0.15, 0.2) is 0 Å². The Hall–Kier alpha value is -3.60. The van der Waals surface area contributed by atoms with Crippen LogP contribution >= 0.6 is 0 Å². The van der Waals surface area contributed by atoms with E-state index in [0.717, 1.165) is 28.7 Å². The van der Waals surface area contributed by atoms with Gasteiger partial charge < -0.3 is 4.74 Å². The lowest BCUT2D eigenvalue weighted by Crippen LogP contribution is -2.25. The second-order valence-corrected chi connectivity index (χ2v) is 8.60. The van der Waals surface area contributed by atoms with Crippen molar-refractivity contribution in [2.24, 2.45) is 0 Å². The van der Waals surface area contributed by atoms with Crippen LogP contribution in [0.2, 0.25) is 0 Å². The van der Waals surface area contributed by atoms with Crippen LogP contribution in [0.15, 0.2) is 84.9 Å². The van der Waals surface area contributed by atoms with Gasteiger partial charge in [-0.2, -0.15) is 8.78 Å². The van der Waals surface area contributed by atoms with Crippen molar-refractivity contribution in [2.45, 2.75) is 39.2 Å². The molecule has 4 rings (SSSR count). The summed E-state index contributed by atoms with van der Waals surface area (Å²) in [6.45, 7) is 3.97. The third kappa shape index (κ3) is 6.10. The number of benzene rings is 4. The normalized spacial score (nSPS) is 11.5.